The lowest BCUT2D eigenvalue weighted by atomic mass is 10.1. The van der Waals surface area contributed by atoms with Crippen LogP contribution in [0.4, 0.5) is 0 Å². The summed E-state index contributed by atoms with van der Waals surface area (Å²) in [5.74, 6) is -0.0824. The van der Waals surface area contributed by atoms with Crippen molar-refractivity contribution in [3.63, 3.8) is 0 Å². The topological polar surface area (TPSA) is 55.1 Å². The summed E-state index contributed by atoms with van der Waals surface area (Å²) in [6.07, 6.45) is 2.61. The molecule has 4 heteroatoms. The van der Waals surface area contributed by atoms with E-state index in [1.165, 1.54) is 0 Å². The van der Waals surface area contributed by atoms with Gasteiger partial charge in [-0.1, -0.05) is 30.3 Å². The third-order valence-corrected chi connectivity index (χ3v) is 4.13. The van der Waals surface area contributed by atoms with Gasteiger partial charge < -0.3 is 11.1 Å². The largest absolute Gasteiger partial charge is 0.353 e. The van der Waals surface area contributed by atoms with Crippen molar-refractivity contribution in [2.24, 2.45) is 5.73 Å². The summed E-state index contributed by atoms with van der Waals surface area (Å²) < 4.78 is 0.0438. The van der Waals surface area contributed by atoms with Gasteiger partial charge in [0.25, 0.3) is 0 Å². The molecule has 100 valence electrons. The van der Waals surface area contributed by atoms with Crippen molar-refractivity contribution in [3.05, 3.63) is 35.9 Å². The summed E-state index contributed by atoms with van der Waals surface area (Å²) >= 11 is 1.73. The van der Waals surface area contributed by atoms with Gasteiger partial charge in [0.05, 0.1) is 6.04 Å². The highest BCUT2D eigenvalue weighted by Gasteiger charge is 2.19. The Morgan fingerprint density at radius 2 is 2.00 bits per heavy atom. The average Bonchev–Trinajstić information content (AvgIpc) is 2.37. The maximum atomic E-state index is 11.9. The second-order valence-electron chi connectivity index (χ2n) is 4.98. The second kappa shape index (κ2) is 6.81. The van der Waals surface area contributed by atoms with Crippen molar-refractivity contribution in [1.82, 2.24) is 5.32 Å². The van der Waals surface area contributed by atoms with Crippen LogP contribution in [0.5, 0.6) is 0 Å². The number of thioether (sulfide) groups is 1. The lowest BCUT2D eigenvalue weighted by molar-refractivity contribution is -0.122. The molecule has 3 nitrogen and oxygen atoms in total. The number of nitrogens with one attached hydrogen (secondary N) is 1. The summed E-state index contributed by atoms with van der Waals surface area (Å²) in [5.41, 5.74) is 6.99. The molecular formula is C14H22N2OS. The summed E-state index contributed by atoms with van der Waals surface area (Å²) in [5, 5.41) is 2.91. The van der Waals surface area contributed by atoms with E-state index in [-0.39, 0.29) is 10.7 Å². The molecule has 18 heavy (non-hydrogen) atoms. The molecule has 1 rings (SSSR count). The maximum absolute atomic E-state index is 11.9. The van der Waals surface area contributed by atoms with E-state index in [4.69, 9.17) is 5.73 Å². The lowest BCUT2D eigenvalue weighted by Gasteiger charge is -2.23. The number of nitrogens with two attached hydrogens (primary N) is 1. The summed E-state index contributed by atoms with van der Waals surface area (Å²) in [6, 6.07) is 9.35. The standard InChI is InChI=1S/C14H22N2OS/c1-14(2,18-3)10-16-13(17)12(15)9-11-7-5-4-6-8-11/h4-8,12H,9-10,15H2,1-3H3,(H,16,17)/t12-/m1/s1. The SMILES string of the molecule is CSC(C)(C)CNC(=O)[C@H](N)Cc1ccccc1. The molecule has 3 N–H and O–H groups in total. The molecule has 0 aliphatic rings. The molecule has 0 aliphatic carbocycles. The predicted octanol–water partition coefficient (Wildman–Crippen LogP) is 1.81. The van der Waals surface area contributed by atoms with Crippen LogP contribution in [0.15, 0.2) is 30.3 Å². The quantitative estimate of drug-likeness (QED) is 0.825. The van der Waals surface area contributed by atoms with Gasteiger partial charge in [-0.3, -0.25) is 4.79 Å². The number of amides is 1. The molecule has 0 aliphatic heterocycles. The molecule has 1 aromatic carbocycles. The fourth-order valence-corrected chi connectivity index (χ4v) is 1.68. The highest BCUT2D eigenvalue weighted by Crippen LogP contribution is 2.19. The molecular weight excluding hydrogens is 244 g/mol. The summed E-state index contributed by atoms with van der Waals surface area (Å²) in [6.45, 7) is 4.83. The van der Waals surface area contributed by atoms with Crippen LogP contribution >= 0.6 is 11.8 Å². The smallest absolute Gasteiger partial charge is 0.237 e. The molecule has 0 aromatic heterocycles. The Bertz CT molecular complexity index is 379. The van der Waals surface area contributed by atoms with Crippen molar-refractivity contribution in [3.8, 4) is 0 Å². The van der Waals surface area contributed by atoms with Crippen molar-refractivity contribution < 1.29 is 4.79 Å². The Labute approximate surface area is 114 Å². The molecule has 0 bridgehead atoms. The Morgan fingerprint density at radius 1 is 1.39 bits per heavy atom. The van der Waals surface area contributed by atoms with E-state index < -0.39 is 6.04 Å². The van der Waals surface area contributed by atoms with Crippen LogP contribution < -0.4 is 11.1 Å². The Balaban J connectivity index is 2.43. The van der Waals surface area contributed by atoms with Crippen LogP contribution in [-0.2, 0) is 11.2 Å². The van der Waals surface area contributed by atoms with Crippen LogP contribution in [0, 0.1) is 0 Å². The monoisotopic (exact) mass is 266 g/mol. The third kappa shape index (κ3) is 5.10. The first-order valence-corrected chi connectivity index (χ1v) is 7.29. The van der Waals surface area contributed by atoms with Crippen LogP contribution in [0.25, 0.3) is 0 Å². The van der Waals surface area contributed by atoms with Gasteiger partial charge in [0.2, 0.25) is 5.91 Å². The Hall–Kier alpha value is -1.00. The van der Waals surface area contributed by atoms with Crippen LogP contribution in [0.3, 0.4) is 0 Å². The molecule has 1 amide bonds. The average molecular weight is 266 g/mol. The number of rotatable bonds is 6. The van der Waals surface area contributed by atoms with E-state index in [0.29, 0.717) is 13.0 Å². The van der Waals surface area contributed by atoms with Gasteiger partial charge >= 0.3 is 0 Å². The minimum Gasteiger partial charge on any atom is -0.353 e. The van der Waals surface area contributed by atoms with Crippen molar-refractivity contribution in [2.75, 3.05) is 12.8 Å². The zero-order valence-electron chi connectivity index (χ0n) is 11.3. The number of carbonyl (C=O) groups is 1. The molecule has 0 heterocycles. The molecule has 0 fully saturated rings. The minimum absolute atomic E-state index is 0.0438. The minimum atomic E-state index is -0.481. The Kier molecular flexibility index (Phi) is 5.69. The van der Waals surface area contributed by atoms with E-state index in [0.717, 1.165) is 5.56 Å². The lowest BCUT2D eigenvalue weighted by Crippen LogP contribution is -2.46. The van der Waals surface area contributed by atoms with E-state index in [1.807, 2.05) is 36.6 Å². The molecule has 1 atom stereocenters. The van der Waals surface area contributed by atoms with Crippen molar-refractivity contribution in [2.45, 2.75) is 31.1 Å². The van der Waals surface area contributed by atoms with Gasteiger partial charge in [-0.15, -0.1) is 0 Å². The van der Waals surface area contributed by atoms with Crippen LogP contribution in [0.2, 0.25) is 0 Å². The molecule has 0 spiro atoms. The zero-order chi connectivity index (χ0) is 13.6. The summed E-state index contributed by atoms with van der Waals surface area (Å²) in [7, 11) is 0. The first kappa shape index (κ1) is 15.1. The third-order valence-electron chi connectivity index (χ3n) is 2.88. The fraction of sp³-hybridized carbons (Fsp3) is 0.500. The summed E-state index contributed by atoms with van der Waals surface area (Å²) in [4.78, 5) is 11.9. The van der Waals surface area contributed by atoms with Crippen molar-refractivity contribution >= 4 is 17.7 Å². The predicted molar refractivity (Wildman–Crippen MR) is 78.7 cm³/mol. The maximum Gasteiger partial charge on any atom is 0.237 e. The van der Waals surface area contributed by atoms with Gasteiger partial charge in [-0.05, 0) is 32.1 Å². The van der Waals surface area contributed by atoms with Gasteiger partial charge in [0.15, 0.2) is 0 Å². The van der Waals surface area contributed by atoms with Crippen LogP contribution in [-0.4, -0.2) is 29.5 Å². The highest BCUT2D eigenvalue weighted by molar-refractivity contribution is 7.99. The van der Waals surface area contributed by atoms with E-state index in [1.54, 1.807) is 11.8 Å². The zero-order valence-corrected chi connectivity index (χ0v) is 12.1. The van der Waals surface area contributed by atoms with E-state index in [2.05, 4.69) is 19.2 Å². The van der Waals surface area contributed by atoms with Gasteiger partial charge in [-0.2, -0.15) is 11.8 Å². The molecule has 0 radical (unpaired) electrons. The molecule has 0 unspecified atom stereocenters. The van der Waals surface area contributed by atoms with Crippen LogP contribution in [0.1, 0.15) is 19.4 Å². The second-order valence-corrected chi connectivity index (χ2v) is 6.49. The van der Waals surface area contributed by atoms with E-state index >= 15 is 0 Å². The number of carbonyl (C=O) groups excluding carboxylic acids is 1. The molecule has 0 saturated heterocycles. The normalized spacial score (nSPS) is 13.1. The molecule has 0 saturated carbocycles. The first-order chi connectivity index (χ1) is 8.44. The van der Waals surface area contributed by atoms with Gasteiger partial charge in [-0.25, -0.2) is 0 Å². The highest BCUT2D eigenvalue weighted by atomic mass is 32.2. The number of benzene rings is 1. The Morgan fingerprint density at radius 3 is 2.56 bits per heavy atom. The number of hydrogen-bond donors (Lipinski definition) is 2. The first-order valence-electron chi connectivity index (χ1n) is 6.07. The fourth-order valence-electron chi connectivity index (χ4n) is 1.46. The van der Waals surface area contributed by atoms with Gasteiger partial charge in [0.1, 0.15) is 0 Å². The van der Waals surface area contributed by atoms with Gasteiger partial charge in [0, 0.05) is 11.3 Å². The number of hydrogen-bond acceptors (Lipinski definition) is 3. The molecule has 1 aromatic rings. The van der Waals surface area contributed by atoms with E-state index in [9.17, 15) is 4.79 Å². The van der Waals surface area contributed by atoms with Crippen molar-refractivity contribution in [1.29, 1.82) is 0 Å².